The monoisotopic (exact) mass is 290 g/mol. The molecule has 0 saturated heterocycles. The van der Waals surface area contributed by atoms with E-state index in [1.54, 1.807) is 25.3 Å². The summed E-state index contributed by atoms with van der Waals surface area (Å²) in [7, 11) is -1.53. The van der Waals surface area contributed by atoms with E-state index in [1.807, 2.05) is 24.4 Å². The third-order valence-corrected chi connectivity index (χ3v) is 6.05. The van der Waals surface area contributed by atoms with Gasteiger partial charge in [-0.15, -0.1) is 11.3 Å². The highest BCUT2D eigenvalue weighted by molar-refractivity contribution is 7.89. The molecule has 104 valence electrons. The molecule has 0 amide bonds. The Labute approximate surface area is 114 Å². The number of hydrogen-bond acceptors (Lipinski definition) is 4. The van der Waals surface area contributed by atoms with Crippen molar-refractivity contribution in [2.75, 3.05) is 26.7 Å². The number of likely N-dealkylation sites (N-methyl/N-ethyl adjacent to an activating group) is 1. The van der Waals surface area contributed by atoms with E-state index in [0.717, 1.165) is 13.0 Å². The van der Waals surface area contributed by atoms with Crippen LogP contribution in [0.5, 0.6) is 0 Å². The van der Waals surface area contributed by atoms with Crippen LogP contribution in [0.1, 0.15) is 18.7 Å². The fourth-order valence-corrected chi connectivity index (χ4v) is 3.60. The van der Waals surface area contributed by atoms with Crippen LogP contribution in [0.15, 0.2) is 17.5 Å². The van der Waals surface area contributed by atoms with Crippen LogP contribution >= 0.6 is 11.3 Å². The van der Waals surface area contributed by atoms with Crippen molar-refractivity contribution in [3.63, 3.8) is 0 Å². The fraction of sp³-hybridized carbons (Fsp3) is 0.667. The smallest absolute Gasteiger partial charge is 0.217 e. The third-order valence-electron chi connectivity index (χ3n) is 2.88. The van der Waals surface area contributed by atoms with Crippen molar-refractivity contribution in [1.82, 2.24) is 9.62 Å². The largest absolute Gasteiger partial charge is 0.316 e. The van der Waals surface area contributed by atoms with Crippen molar-refractivity contribution in [3.05, 3.63) is 22.4 Å². The van der Waals surface area contributed by atoms with Gasteiger partial charge in [-0.25, -0.2) is 12.7 Å². The molecule has 4 nitrogen and oxygen atoms in total. The highest BCUT2D eigenvalue weighted by Crippen LogP contribution is 2.12. The van der Waals surface area contributed by atoms with Crippen molar-refractivity contribution in [2.45, 2.75) is 25.5 Å². The molecule has 1 rings (SSSR count). The number of sulfonamides is 1. The molecule has 0 aliphatic heterocycles. The normalized spacial score (nSPS) is 14.0. The second kappa shape index (κ2) is 7.23. The maximum absolute atomic E-state index is 12.2. The molecule has 1 N–H and O–H groups in total. The van der Waals surface area contributed by atoms with Crippen LogP contribution in [-0.2, 0) is 16.4 Å². The average molecular weight is 290 g/mol. The Hall–Kier alpha value is -0.430. The molecule has 0 aromatic carbocycles. The predicted molar refractivity (Wildman–Crippen MR) is 77.6 cm³/mol. The summed E-state index contributed by atoms with van der Waals surface area (Å²) in [6, 6.07) is 4.02. The van der Waals surface area contributed by atoms with E-state index in [2.05, 4.69) is 5.32 Å². The molecule has 6 heteroatoms. The third kappa shape index (κ3) is 4.35. The van der Waals surface area contributed by atoms with Crippen LogP contribution in [0.3, 0.4) is 0 Å². The van der Waals surface area contributed by atoms with Crippen LogP contribution in [0, 0.1) is 0 Å². The highest BCUT2D eigenvalue weighted by Gasteiger charge is 2.25. The maximum atomic E-state index is 12.2. The van der Waals surface area contributed by atoms with Gasteiger partial charge in [0, 0.05) is 25.0 Å². The lowest BCUT2D eigenvalue weighted by molar-refractivity contribution is 0.461. The zero-order valence-corrected chi connectivity index (χ0v) is 12.9. The minimum Gasteiger partial charge on any atom is -0.316 e. The Bertz CT molecular complexity index is 429. The SMILES string of the molecule is CCNCC(C)S(=O)(=O)N(C)CCc1cccs1. The van der Waals surface area contributed by atoms with Gasteiger partial charge in [-0.1, -0.05) is 13.0 Å². The first-order valence-corrected chi connectivity index (χ1v) is 8.55. The first kappa shape index (κ1) is 15.6. The summed E-state index contributed by atoms with van der Waals surface area (Å²) in [5.41, 5.74) is 0. The van der Waals surface area contributed by atoms with Gasteiger partial charge in [-0.3, -0.25) is 0 Å². The minimum absolute atomic E-state index is 0.384. The Kier molecular flexibility index (Phi) is 6.28. The van der Waals surface area contributed by atoms with Crippen LogP contribution < -0.4 is 5.32 Å². The molecule has 0 aliphatic carbocycles. The summed E-state index contributed by atoms with van der Waals surface area (Å²) < 4.78 is 25.8. The van der Waals surface area contributed by atoms with Gasteiger partial charge in [0.2, 0.25) is 10.0 Å². The molecule has 0 aliphatic rings. The standard InChI is InChI=1S/C12H22N2O2S2/c1-4-13-10-11(2)18(15,16)14(3)8-7-12-6-5-9-17-12/h5-6,9,11,13H,4,7-8,10H2,1-3H3. The maximum Gasteiger partial charge on any atom is 0.217 e. The molecule has 1 atom stereocenters. The van der Waals surface area contributed by atoms with Gasteiger partial charge in [0.1, 0.15) is 0 Å². The van der Waals surface area contributed by atoms with Crippen LogP contribution in [0.4, 0.5) is 0 Å². The average Bonchev–Trinajstić information content (AvgIpc) is 2.85. The summed E-state index contributed by atoms with van der Waals surface area (Å²) >= 11 is 1.66. The molecule has 1 aromatic heterocycles. The number of nitrogens with one attached hydrogen (secondary N) is 1. The lowest BCUT2D eigenvalue weighted by atomic mass is 10.3. The van der Waals surface area contributed by atoms with Gasteiger partial charge in [0.05, 0.1) is 5.25 Å². The van der Waals surface area contributed by atoms with E-state index in [0.29, 0.717) is 13.1 Å². The molecule has 1 aromatic rings. The van der Waals surface area contributed by atoms with Gasteiger partial charge in [0.15, 0.2) is 0 Å². The van der Waals surface area contributed by atoms with Crippen molar-refractivity contribution in [3.8, 4) is 0 Å². The molecule has 0 fully saturated rings. The summed E-state index contributed by atoms with van der Waals surface area (Å²) in [6.45, 7) is 5.56. The topological polar surface area (TPSA) is 49.4 Å². The van der Waals surface area contributed by atoms with Crippen LogP contribution in [0.2, 0.25) is 0 Å². The van der Waals surface area contributed by atoms with E-state index in [4.69, 9.17) is 0 Å². The lowest BCUT2D eigenvalue weighted by Gasteiger charge is -2.21. The van der Waals surface area contributed by atoms with E-state index in [1.165, 1.54) is 9.18 Å². The molecule has 0 spiro atoms. The second-order valence-corrected chi connectivity index (χ2v) is 7.80. The van der Waals surface area contributed by atoms with Gasteiger partial charge in [-0.2, -0.15) is 0 Å². The second-order valence-electron chi connectivity index (χ2n) is 4.31. The molecule has 1 heterocycles. The summed E-state index contributed by atoms with van der Waals surface area (Å²) in [5.74, 6) is 0. The number of nitrogens with zero attached hydrogens (tertiary/aromatic N) is 1. The molecular formula is C12H22N2O2S2. The molecule has 1 unspecified atom stereocenters. The lowest BCUT2D eigenvalue weighted by Crippen LogP contribution is -2.40. The van der Waals surface area contributed by atoms with Crippen molar-refractivity contribution in [2.24, 2.45) is 0 Å². The van der Waals surface area contributed by atoms with Crippen LogP contribution in [0.25, 0.3) is 0 Å². The van der Waals surface area contributed by atoms with Crippen molar-refractivity contribution < 1.29 is 8.42 Å². The van der Waals surface area contributed by atoms with Gasteiger partial charge in [0.25, 0.3) is 0 Å². The number of hydrogen-bond donors (Lipinski definition) is 1. The number of rotatable bonds is 8. The molecule has 0 radical (unpaired) electrons. The van der Waals surface area contributed by atoms with E-state index < -0.39 is 10.0 Å². The zero-order chi connectivity index (χ0) is 13.6. The summed E-state index contributed by atoms with van der Waals surface area (Å²) in [6.07, 6.45) is 0.779. The Morgan fingerprint density at radius 2 is 2.22 bits per heavy atom. The van der Waals surface area contributed by atoms with Gasteiger partial charge >= 0.3 is 0 Å². The summed E-state index contributed by atoms with van der Waals surface area (Å²) in [5, 5.41) is 4.70. The van der Waals surface area contributed by atoms with Gasteiger partial charge < -0.3 is 5.32 Å². The Morgan fingerprint density at radius 3 is 2.78 bits per heavy atom. The highest BCUT2D eigenvalue weighted by atomic mass is 32.2. The Morgan fingerprint density at radius 1 is 1.50 bits per heavy atom. The number of thiophene rings is 1. The predicted octanol–water partition coefficient (Wildman–Crippen LogP) is 1.55. The van der Waals surface area contributed by atoms with E-state index in [9.17, 15) is 8.42 Å². The molecule has 0 bridgehead atoms. The summed E-state index contributed by atoms with van der Waals surface area (Å²) in [4.78, 5) is 1.22. The van der Waals surface area contributed by atoms with Crippen molar-refractivity contribution in [1.29, 1.82) is 0 Å². The van der Waals surface area contributed by atoms with Crippen LogP contribution in [-0.4, -0.2) is 44.7 Å². The zero-order valence-electron chi connectivity index (χ0n) is 11.2. The first-order chi connectivity index (χ1) is 8.48. The quantitative estimate of drug-likeness (QED) is 0.790. The van der Waals surface area contributed by atoms with E-state index in [-0.39, 0.29) is 5.25 Å². The first-order valence-electron chi connectivity index (χ1n) is 6.16. The van der Waals surface area contributed by atoms with Gasteiger partial charge in [-0.05, 0) is 31.3 Å². The minimum atomic E-state index is -3.19. The van der Waals surface area contributed by atoms with Crippen molar-refractivity contribution >= 4 is 21.4 Å². The molecular weight excluding hydrogens is 268 g/mol. The Balaban J connectivity index is 2.50. The van der Waals surface area contributed by atoms with E-state index >= 15 is 0 Å². The fourth-order valence-electron chi connectivity index (χ4n) is 1.61. The molecule has 0 saturated carbocycles. The molecule has 18 heavy (non-hydrogen) atoms.